The molecule has 4 nitrogen and oxygen atoms in total. The molecule has 0 atom stereocenters. The summed E-state index contributed by atoms with van der Waals surface area (Å²) in [4.78, 5) is 0. The molecule has 0 aliphatic carbocycles. The maximum Gasteiger partial charge on any atom is 0.184 e. The Morgan fingerprint density at radius 1 is 1.29 bits per heavy atom. The Balaban J connectivity index is 1.90. The van der Waals surface area contributed by atoms with Crippen molar-refractivity contribution in [3.63, 3.8) is 0 Å². The lowest BCUT2D eigenvalue weighted by Crippen LogP contribution is -2.23. The molecule has 2 aromatic carbocycles. The first-order chi connectivity index (χ1) is 10.1. The van der Waals surface area contributed by atoms with E-state index in [4.69, 9.17) is 22.1 Å². The van der Waals surface area contributed by atoms with Gasteiger partial charge in [-0.2, -0.15) is 5.10 Å². The molecule has 6 heteroatoms. The first-order valence-electron chi connectivity index (χ1n) is 6.19. The van der Waals surface area contributed by atoms with Gasteiger partial charge in [0.15, 0.2) is 5.11 Å². The number of hydrogen-bond acceptors (Lipinski definition) is 3. The van der Waals surface area contributed by atoms with Crippen molar-refractivity contribution in [1.29, 1.82) is 0 Å². The summed E-state index contributed by atoms with van der Waals surface area (Å²) in [6.45, 7) is 0.469. The summed E-state index contributed by atoms with van der Waals surface area (Å²) in [7, 11) is 0. The van der Waals surface area contributed by atoms with Gasteiger partial charge in [-0.3, -0.25) is 5.43 Å². The molecule has 3 N–H and O–H groups in total. The topological polar surface area (TPSA) is 59.6 Å². The number of hydrazone groups is 1. The van der Waals surface area contributed by atoms with Crippen molar-refractivity contribution in [2.24, 2.45) is 10.8 Å². The minimum Gasteiger partial charge on any atom is -0.489 e. The lowest BCUT2D eigenvalue weighted by Gasteiger charge is -2.06. The van der Waals surface area contributed by atoms with Crippen molar-refractivity contribution in [2.75, 3.05) is 0 Å². The monoisotopic (exact) mass is 319 g/mol. The second kappa shape index (κ2) is 7.61. The van der Waals surface area contributed by atoms with Crippen LogP contribution in [0.3, 0.4) is 0 Å². The number of nitrogens with one attached hydrogen (secondary N) is 1. The van der Waals surface area contributed by atoms with E-state index in [0.717, 1.165) is 16.9 Å². The molecule has 0 bridgehead atoms. The van der Waals surface area contributed by atoms with Crippen LogP contribution in [-0.2, 0) is 6.61 Å². The van der Waals surface area contributed by atoms with Crippen LogP contribution in [0, 0.1) is 0 Å². The Labute approximate surface area is 133 Å². The number of nitrogens with zero attached hydrogens (tertiary/aromatic N) is 1. The van der Waals surface area contributed by atoms with Crippen molar-refractivity contribution < 1.29 is 4.74 Å². The van der Waals surface area contributed by atoms with E-state index in [1.807, 2.05) is 48.5 Å². The van der Waals surface area contributed by atoms with Gasteiger partial charge < -0.3 is 10.5 Å². The summed E-state index contributed by atoms with van der Waals surface area (Å²) in [5.41, 5.74) is 9.69. The number of ether oxygens (including phenoxy) is 1. The van der Waals surface area contributed by atoms with Gasteiger partial charge in [0.2, 0.25) is 0 Å². The maximum absolute atomic E-state index is 5.92. The average Bonchev–Trinajstić information content (AvgIpc) is 2.46. The smallest absolute Gasteiger partial charge is 0.184 e. The van der Waals surface area contributed by atoms with E-state index in [9.17, 15) is 0 Å². The second-order valence-corrected chi connectivity index (χ2v) is 5.10. The highest BCUT2D eigenvalue weighted by Gasteiger charge is 1.97. The predicted molar refractivity (Wildman–Crippen MR) is 89.7 cm³/mol. The van der Waals surface area contributed by atoms with Gasteiger partial charge in [0.1, 0.15) is 12.4 Å². The van der Waals surface area contributed by atoms with Crippen molar-refractivity contribution in [3.05, 3.63) is 64.7 Å². The highest BCUT2D eigenvalue weighted by Crippen LogP contribution is 2.15. The minimum absolute atomic E-state index is 0.132. The third kappa shape index (κ3) is 5.41. The van der Waals surface area contributed by atoms with Gasteiger partial charge in [-0.15, -0.1) is 0 Å². The van der Waals surface area contributed by atoms with Crippen LogP contribution in [0.4, 0.5) is 0 Å². The fourth-order valence-corrected chi connectivity index (χ4v) is 1.88. The standard InChI is InChI=1S/C15H14ClN3OS/c16-13-3-1-2-12(8-13)10-20-14-6-4-11(5-7-14)9-18-19-15(17)21/h1-9H,10H2,(H3,17,19,21)/b18-9-. The van der Waals surface area contributed by atoms with Crippen molar-refractivity contribution in [2.45, 2.75) is 6.61 Å². The number of hydrogen-bond donors (Lipinski definition) is 2. The number of benzene rings is 2. The summed E-state index contributed by atoms with van der Waals surface area (Å²) < 4.78 is 5.69. The van der Waals surface area contributed by atoms with Crippen LogP contribution in [0.15, 0.2) is 53.6 Å². The highest BCUT2D eigenvalue weighted by atomic mass is 35.5. The largest absolute Gasteiger partial charge is 0.489 e. The average molecular weight is 320 g/mol. The van der Waals surface area contributed by atoms with Gasteiger partial charge in [-0.05, 0) is 59.7 Å². The predicted octanol–water partition coefficient (Wildman–Crippen LogP) is 3.09. The molecule has 0 saturated heterocycles. The van der Waals surface area contributed by atoms with Gasteiger partial charge in [-0.25, -0.2) is 0 Å². The fourth-order valence-electron chi connectivity index (χ4n) is 1.61. The van der Waals surface area contributed by atoms with Gasteiger partial charge in [0.05, 0.1) is 6.21 Å². The van der Waals surface area contributed by atoms with Crippen LogP contribution in [0.1, 0.15) is 11.1 Å². The van der Waals surface area contributed by atoms with Crippen LogP contribution >= 0.6 is 23.8 Å². The zero-order valence-corrected chi connectivity index (χ0v) is 12.7. The maximum atomic E-state index is 5.92. The van der Waals surface area contributed by atoms with Gasteiger partial charge >= 0.3 is 0 Å². The quantitative estimate of drug-likeness (QED) is 0.505. The molecule has 2 aromatic rings. The summed E-state index contributed by atoms with van der Waals surface area (Å²) in [5, 5.41) is 4.71. The number of thiocarbonyl (C=S) groups is 1. The number of halogens is 1. The van der Waals surface area contributed by atoms with Gasteiger partial charge in [0.25, 0.3) is 0 Å². The lowest BCUT2D eigenvalue weighted by atomic mass is 10.2. The van der Waals surface area contributed by atoms with Crippen LogP contribution in [0.25, 0.3) is 0 Å². The molecule has 108 valence electrons. The van der Waals surface area contributed by atoms with Crippen molar-refractivity contribution in [1.82, 2.24) is 5.43 Å². The van der Waals surface area contributed by atoms with Crippen molar-refractivity contribution >= 4 is 35.1 Å². The van der Waals surface area contributed by atoms with E-state index in [1.54, 1.807) is 6.21 Å². The highest BCUT2D eigenvalue weighted by molar-refractivity contribution is 7.80. The van der Waals surface area contributed by atoms with Crippen molar-refractivity contribution in [3.8, 4) is 5.75 Å². The first kappa shape index (κ1) is 15.3. The number of nitrogens with two attached hydrogens (primary N) is 1. The van der Waals surface area contributed by atoms with E-state index in [0.29, 0.717) is 11.6 Å². The van der Waals surface area contributed by atoms with E-state index in [-0.39, 0.29) is 5.11 Å². The zero-order chi connectivity index (χ0) is 15.1. The molecule has 0 heterocycles. The van der Waals surface area contributed by atoms with E-state index < -0.39 is 0 Å². The normalized spacial score (nSPS) is 10.5. The SMILES string of the molecule is NC(=S)N/N=C\c1ccc(OCc2cccc(Cl)c2)cc1. The molecule has 0 saturated carbocycles. The summed E-state index contributed by atoms with van der Waals surface area (Å²) in [6.07, 6.45) is 1.62. The summed E-state index contributed by atoms with van der Waals surface area (Å²) in [5.74, 6) is 0.773. The van der Waals surface area contributed by atoms with Crippen LogP contribution in [-0.4, -0.2) is 11.3 Å². The molecule has 0 aliphatic heterocycles. The van der Waals surface area contributed by atoms with E-state index in [1.165, 1.54) is 0 Å². The Hall–Kier alpha value is -2.11. The summed E-state index contributed by atoms with van der Waals surface area (Å²) >= 11 is 10.6. The Bertz CT molecular complexity index is 644. The molecule has 0 unspecified atom stereocenters. The van der Waals surface area contributed by atoms with Crippen LogP contribution < -0.4 is 15.9 Å². The molecular formula is C15H14ClN3OS. The second-order valence-electron chi connectivity index (χ2n) is 4.22. The third-order valence-corrected chi connectivity index (χ3v) is 2.89. The molecule has 0 fully saturated rings. The molecule has 0 aromatic heterocycles. The molecule has 0 aliphatic rings. The molecule has 2 rings (SSSR count). The lowest BCUT2D eigenvalue weighted by molar-refractivity contribution is 0.306. The fraction of sp³-hybridized carbons (Fsp3) is 0.0667. The molecule has 0 spiro atoms. The third-order valence-electron chi connectivity index (χ3n) is 2.56. The Morgan fingerprint density at radius 2 is 2.05 bits per heavy atom. The zero-order valence-electron chi connectivity index (χ0n) is 11.1. The molecule has 21 heavy (non-hydrogen) atoms. The first-order valence-corrected chi connectivity index (χ1v) is 6.98. The van der Waals surface area contributed by atoms with E-state index >= 15 is 0 Å². The van der Waals surface area contributed by atoms with Gasteiger partial charge in [0, 0.05) is 5.02 Å². The van der Waals surface area contributed by atoms with Gasteiger partial charge in [-0.1, -0.05) is 23.7 Å². The molecule has 0 radical (unpaired) electrons. The van der Waals surface area contributed by atoms with E-state index in [2.05, 4.69) is 22.7 Å². The molecular weight excluding hydrogens is 306 g/mol. The van der Waals surface area contributed by atoms with Crippen LogP contribution in [0.2, 0.25) is 5.02 Å². The van der Waals surface area contributed by atoms with Crippen LogP contribution in [0.5, 0.6) is 5.75 Å². The Kier molecular flexibility index (Phi) is 5.54. The number of rotatable bonds is 5. The Morgan fingerprint density at radius 3 is 2.71 bits per heavy atom. The minimum atomic E-state index is 0.132. The summed E-state index contributed by atoms with van der Waals surface area (Å²) in [6, 6.07) is 15.1. The molecule has 0 amide bonds.